The number of rotatable bonds is 4. The van der Waals surface area contributed by atoms with Crippen LogP contribution < -0.4 is 5.32 Å². The number of nitrogens with one attached hydrogen (secondary N) is 1. The van der Waals surface area contributed by atoms with Crippen LogP contribution in [0.1, 0.15) is 38.8 Å². The third-order valence-corrected chi connectivity index (χ3v) is 3.48. The van der Waals surface area contributed by atoms with Gasteiger partial charge < -0.3 is 10.2 Å². The maximum Gasteiger partial charge on any atom is 0.267 e. The highest BCUT2D eigenvalue weighted by Gasteiger charge is 2.19. The number of carbonyl (C=O) groups is 1. The van der Waals surface area contributed by atoms with Crippen LogP contribution in [0.25, 0.3) is 0 Å². The zero-order valence-electron chi connectivity index (χ0n) is 14.3. The number of carbonyl (C=O) groups excluding carboxylic acids is 1. The van der Waals surface area contributed by atoms with E-state index in [2.05, 4.69) is 5.32 Å². The van der Waals surface area contributed by atoms with Crippen molar-refractivity contribution in [2.75, 3.05) is 11.9 Å². The molecule has 1 rings (SSSR count). The number of anilines is 1. The Morgan fingerprint density at radius 3 is 2.45 bits per heavy atom. The van der Waals surface area contributed by atoms with Gasteiger partial charge in [-0.3, -0.25) is 4.79 Å². The first kappa shape index (κ1) is 17.8. The van der Waals surface area contributed by atoms with Crippen molar-refractivity contribution in [1.82, 2.24) is 4.90 Å². The Balaban J connectivity index is 3.00. The van der Waals surface area contributed by atoms with E-state index in [1.54, 1.807) is 6.20 Å². The smallest absolute Gasteiger partial charge is 0.267 e. The zero-order chi connectivity index (χ0) is 16.9. The van der Waals surface area contributed by atoms with E-state index in [0.717, 1.165) is 23.4 Å². The minimum Gasteiger partial charge on any atom is -0.372 e. The summed E-state index contributed by atoms with van der Waals surface area (Å²) in [5.74, 6) is -0.378. The lowest BCUT2D eigenvalue weighted by atomic mass is 10.1. The van der Waals surface area contributed by atoms with Gasteiger partial charge in [0.1, 0.15) is 11.6 Å². The summed E-state index contributed by atoms with van der Waals surface area (Å²) in [7, 11) is 0. The Labute approximate surface area is 133 Å². The van der Waals surface area contributed by atoms with E-state index in [-0.39, 0.29) is 17.0 Å². The fourth-order valence-corrected chi connectivity index (χ4v) is 2.20. The zero-order valence-corrected chi connectivity index (χ0v) is 14.3. The van der Waals surface area contributed by atoms with Crippen molar-refractivity contribution in [2.24, 2.45) is 0 Å². The van der Waals surface area contributed by atoms with Crippen LogP contribution in [-0.4, -0.2) is 22.9 Å². The number of nitrogens with zero attached hydrogens (tertiary/aromatic N) is 2. The molecule has 0 spiro atoms. The molecule has 0 aliphatic heterocycles. The molecule has 0 fully saturated rings. The van der Waals surface area contributed by atoms with E-state index >= 15 is 0 Å². The molecule has 0 atom stereocenters. The van der Waals surface area contributed by atoms with Gasteiger partial charge in [0.15, 0.2) is 0 Å². The lowest BCUT2D eigenvalue weighted by molar-refractivity contribution is -0.112. The normalized spacial score (nSPS) is 11.8. The van der Waals surface area contributed by atoms with Crippen LogP contribution in [0.2, 0.25) is 0 Å². The van der Waals surface area contributed by atoms with Crippen LogP contribution in [-0.2, 0) is 4.79 Å². The van der Waals surface area contributed by atoms with Gasteiger partial charge in [-0.15, -0.1) is 0 Å². The topological polar surface area (TPSA) is 56.1 Å². The third-order valence-electron chi connectivity index (χ3n) is 3.48. The molecule has 4 nitrogen and oxygen atoms in total. The summed E-state index contributed by atoms with van der Waals surface area (Å²) in [6.45, 7) is 12.8. The summed E-state index contributed by atoms with van der Waals surface area (Å²) in [4.78, 5) is 14.3. The molecule has 0 bridgehead atoms. The second kappa shape index (κ2) is 7.13. The van der Waals surface area contributed by atoms with E-state index in [0.29, 0.717) is 0 Å². The van der Waals surface area contributed by atoms with E-state index in [9.17, 15) is 10.1 Å². The first-order valence-electron chi connectivity index (χ1n) is 7.46. The molecule has 1 aromatic carbocycles. The van der Waals surface area contributed by atoms with Crippen molar-refractivity contribution < 1.29 is 4.79 Å². The molecule has 0 unspecified atom stereocenters. The molecule has 1 amide bonds. The van der Waals surface area contributed by atoms with Crippen LogP contribution in [0, 0.1) is 25.2 Å². The van der Waals surface area contributed by atoms with Gasteiger partial charge >= 0.3 is 0 Å². The van der Waals surface area contributed by atoms with Crippen molar-refractivity contribution in [1.29, 1.82) is 5.26 Å². The number of hydrogen-bond acceptors (Lipinski definition) is 3. The molecular formula is C18H25N3O. The maximum absolute atomic E-state index is 12.3. The fraction of sp³-hybridized carbons (Fsp3) is 0.444. The van der Waals surface area contributed by atoms with Gasteiger partial charge in [0.05, 0.1) is 0 Å². The van der Waals surface area contributed by atoms with E-state index < -0.39 is 0 Å². The molecule has 0 heterocycles. The summed E-state index contributed by atoms with van der Waals surface area (Å²) in [6, 6.07) is 7.79. The van der Waals surface area contributed by atoms with Crippen LogP contribution in [0.3, 0.4) is 0 Å². The van der Waals surface area contributed by atoms with Gasteiger partial charge in [-0.2, -0.15) is 5.26 Å². The molecule has 1 N–H and O–H groups in total. The Bertz CT molecular complexity index is 618. The van der Waals surface area contributed by atoms with Crippen molar-refractivity contribution in [2.45, 2.75) is 47.1 Å². The molecule has 0 saturated carbocycles. The van der Waals surface area contributed by atoms with Gasteiger partial charge in [-0.25, -0.2) is 0 Å². The minimum absolute atomic E-state index is 0.108. The van der Waals surface area contributed by atoms with Gasteiger partial charge in [0, 0.05) is 24.0 Å². The number of hydrogen-bond donors (Lipinski definition) is 1. The van der Waals surface area contributed by atoms with Crippen molar-refractivity contribution >= 4 is 11.6 Å². The standard InChI is InChI=1S/C18H25N3O/c1-7-21(18(4,5)6)12-15(11-19)17(22)20-16-9-8-13(2)10-14(16)3/h8-10,12H,7H2,1-6H3,(H,20,22)/b15-12-. The Kier molecular flexibility index (Phi) is 5.76. The Morgan fingerprint density at radius 2 is 2.00 bits per heavy atom. The fourth-order valence-electron chi connectivity index (χ4n) is 2.20. The van der Waals surface area contributed by atoms with Crippen LogP contribution in [0.4, 0.5) is 5.69 Å². The molecule has 0 aliphatic carbocycles. The molecule has 0 aliphatic rings. The summed E-state index contributed by atoms with van der Waals surface area (Å²) in [6.07, 6.45) is 1.64. The lowest BCUT2D eigenvalue weighted by Crippen LogP contribution is -2.37. The second-order valence-corrected chi connectivity index (χ2v) is 6.38. The summed E-state index contributed by atoms with van der Waals surface area (Å²) in [5.41, 5.74) is 2.81. The predicted octanol–water partition coefficient (Wildman–Crippen LogP) is 3.77. The highest BCUT2D eigenvalue weighted by atomic mass is 16.1. The predicted molar refractivity (Wildman–Crippen MR) is 90.4 cm³/mol. The molecule has 4 heteroatoms. The quantitative estimate of drug-likeness (QED) is 0.680. The molecular weight excluding hydrogens is 274 g/mol. The summed E-state index contributed by atoms with van der Waals surface area (Å²) in [5, 5.41) is 12.1. The van der Waals surface area contributed by atoms with Crippen molar-refractivity contribution in [3.8, 4) is 6.07 Å². The molecule has 0 aromatic heterocycles. The SMILES string of the molecule is CCN(/C=C(/C#N)C(=O)Nc1ccc(C)cc1C)C(C)(C)C. The van der Waals surface area contributed by atoms with Crippen LogP contribution >= 0.6 is 0 Å². The Morgan fingerprint density at radius 1 is 1.36 bits per heavy atom. The maximum atomic E-state index is 12.3. The summed E-state index contributed by atoms with van der Waals surface area (Å²) < 4.78 is 0. The molecule has 118 valence electrons. The van der Waals surface area contributed by atoms with E-state index in [4.69, 9.17) is 0 Å². The average molecular weight is 299 g/mol. The van der Waals surface area contributed by atoms with Gasteiger partial charge in [0.25, 0.3) is 5.91 Å². The van der Waals surface area contributed by atoms with Crippen LogP contribution in [0.5, 0.6) is 0 Å². The second-order valence-electron chi connectivity index (χ2n) is 6.38. The van der Waals surface area contributed by atoms with E-state index in [1.165, 1.54) is 0 Å². The highest BCUT2D eigenvalue weighted by molar-refractivity contribution is 6.06. The number of benzene rings is 1. The van der Waals surface area contributed by atoms with Gasteiger partial charge in [-0.1, -0.05) is 17.7 Å². The lowest BCUT2D eigenvalue weighted by Gasteiger charge is -2.33. The van der Waals surface area contributed by atoms with Crippen molar-refractivity contribution in [3.63, 3.8) is 0 Å². The first-order valence-corrected chi connectivity index (χ1v) is 7.46. The van der Waals surface area contributed by atoms with Gasteiger partial charge in [0.2, 0.25) is 0 Å². The van der Waals surface area contributed by atoms with Crippen LogP contribution in [0.15, 0.2) is 30.0 Å². The third kappa shape index (κ3) is 4.63. The molecule has 0 saturated heterocycles. The van der Waals surface area contributed by atoms with E-state index in [1.807, 2.05) is 70.7 Å². The van der Waals surface area contributed by atoms with Crippen molar-refractivity contribution in [3.05, 3.63) is 41.1 Å². The first-order chi connectivity index (χ1) is 10.2. The molecule has 0 radical (unpaired) electrons. The minimum atomic E-state index is -0.378. The van der Waals surface area contributed by atoms with Gasteiger partial charge in [-0.05, 0) is 53.2 Å². The number of aryl methyl sites for hydroxylation is 2. The largest absolute Gasteiger partial charge is 0.372 e. The number of nitriles is 1. The molecule has 22 heavy (non-hydrogen) atoms. The average Bonchev–Trinajstić information content (AvgIpc) is 2.41. The summed E-state index contributed by atoms with van der Waals surface area (Å²) >= 11 is 0. The number of amides is 1. The monoisotopic (exact) mass is 299 g/mol. The highest BCUT2D eigenvalue weighted by Crippen LogP contribution is 2.18. The molecule has 1 aromatic rings. The Hall–Kier alpha value is -2.28.